The lowest BCUT2D eigenvalue weighted by Gasteiger charge is -2.19. The number of hydrogen-bond donors (Lipinski definition) is 2. The largest absolute Gasteiger partial charge is 0.444 e. The molecule has 0 saturated carbocycles. The molecule has 2 N–H and O–H groups in total. The molecule has 0 unspecified atom stereocenters. The number of benzene rings is 1. The number of aryl methyl sites for hydroxylation is 1. The number of carbonyl (C=O) groups excluding carboxylic acids is 1. The molecule has 0 aliphatic rings. The highest BCUT2D eigenvalue weighted by molar-refractivity contribution is 5.84. The molecule has 0 heterocycles. The summed E-state index contributed by atoms with van der Waals surface area (Å²) >= 11 is 0. The van der Waals surface area contributed by atoms with Crippen molar-refractivity contribution in [3.05, 3.63) is 29.8 Å². The zero-order valence-corrected chi connectivity index (χ0v) is 12.1. The Bertz CT molecular complexity index is 422. The normalized spacial score (nSPS) is 12.9. The van der Waals surface area contributed by atoms with Crippen LogP contribution in [0.2, 0.25) is 0 Å². The van der Waals surface area contributed by atoms with Gasteiger partial charge in [-0.15, -0.1) is 0 Å². The highest BCUT2D eigenvalue weighted by atomic mass is 16.6. The maximum absolute atomic E-state index is 11.6. The van der Waals surface area contributed by atoms with Crippen molar-refractivity contribution in [2.24, 2.45) is 0 Å². The summed E-state index contributed by atoms with van der Waals surface area (Å²) in [5, 5.41) is 12.0. The van der Waals surface area contributed by atoms with Crippen LogP contribution >= 0.6 is 0 Å². The monoisotopic (exact) mass is 265 g/mol. The molecule has 1 aromatic rings. The van der Waals surface area contributed by atoms with E-state index in [1.807, 2.05) is 45.0 Å². The number of ether oxygens (including phenoxy) is 1. The van der Waals surface area contributed by atoms with Crippen LogP contribution in [-0.2, 0) is 11.2 Å². The third-order valence-electron chi connectivity index (χ3n) is 2.42. The average Bonchev–Trinajstić information content (AvgIpc) is 2.24. The van der Waals surface area contributed by atoms with Crippen molar-refractivity contribution in [1.82, 2.24) is 0 Å². The smallest absolute Gasteiger partial charge is 0.412 e. The standard InChI is InChI=1S/C15H23NO3/c1-11(17)8-9-12-6-5-7-13(10-12)16-14(18)19-15(2,3)4/h5-7,10-11,17H,8-9H2,1-4H3,(H,16,18)/t11-/m1/s1. The minimum absolute atomic E-state index is 0.317. The number of rotatable bonds is 4. The third-order valence-corrected chi connectivity index (χ3v) is 2.42. The van der Waals surface area contributed by atoms with Crippen LogP contribution in [0.15, 0.2) is 24.3 Å². The predicted octanol–water partition coefficient (Wildman–Crippen LogP) is 3.35. The predicted molar refractivity (Wildman–Crippen MR) is 76.3 cm³/mol. The van der Waals surface area contributed by atoms with Crippen LogP contribution in [-0.4, -0.2) is 22.9 Å². The van der Waals surface area contributed by atoms with Crippen LogP contribution in [0.1, 0.15) is 39.7 Å². The Balaban J connectivity index is 2.59. The molecule has 0 spiro atoms. The van der Waals surface area contributed by atoms with Crippen molar-refractivity contribution in [3.63, 3.8) is 0 Å². The number of amides is 1. The van der Waals surface area contributed by atoms with Crippen LogP contribution in [0, 0.1) is 0 Å². The van der Waals surface area contributed by atoms with Gasteiger partial charge in [-0.3, -0.25) is 5.32 Å². The van der Waals surface area contributed by atoms with E-state index in [0.717, 1.165) is 12.0 Å². The van der Waals surface area contributed by atoms with Gasteiger partial charge >= 0.3 is 6.09 Å². The molecule has 1 aromatic carbocycles. The highest BCUT2D eigenvalue weighted by Crippen LogP contribution is 2.15. The minimum Gasteiger partial charge on any atom is -0.444 e. The number of anilines is 1. The second-order valence-corrected chi connectivity index (χ2v) is 5.71. The fourth-order valence-electron chi connectivity index (χ4n) is 1.60. The summed E-state index contributed by atoms with van der Waals surface area (Å²) in [5.74, 6) is 0. The Hall–Kier alpha value is -1.55. The van der Waals surface area contributed by atoms with E-state index in [1.54, 1.807) is 6.92 Å². The number of aliphatic hydroxyl groups is 1. The van der Waals surface area contributed by atoms with Crippen LogP contribution in [0.4, 0.5) is 10.5 Å². The van der Waals surface area contributed by atoms with Gasteiger partial charge in [-0.2, -0.15) is 0 Å². The van der Waals surface area contributed by atoms with Gasteiger partial charge in [0.15, 0.2) is 0 Å². The van der Waals surface area contributed by atoms with E-state index in [4.69, 9.17) is 4.74 Å². The van der Waals surface area contributed by atoms with E-state index >= 15 is 0 Å². The van der Waals surface area contributed by atoms with E-state index in [-0.39, 0.29) is 6.10 Å². The maximum Gasteiger partial charge on any atom is 0.412 e. The molecule has 1 amide bonds. The van der Waals surface area contributed by atoms with E-state index in [9.17, 15) is 9.90 Å². The summed E-state index contributed by atoms with van der Waals surface area (Å²) in [5.41, 5.74) is 1.28. The van der Waals surface area contributed by atoms with Gasteiger partial charge < -0.3 is 9.84 Å². The number of nitrogens with one attached hydrogen (secondary N) is 1. The lowest BCUT2D eigenvalue weighted by atomic mass is 10.1. The summed E-state index contributed by atoms with van der Waals surface area (Å²) < 4.78 is 5.19. The second kappa shape index (κ2) is 6.57. The Labute approximate surface area is 114 Å². The minimum atomic E-state index is -0.506. The maximum atomic E-state index is 11.6. The Kier molecular flexibility index (Phi) is 5.36. The number of hydrogen-bond acceptors (Lipinski definition) is 3. The van der Waals surface area contributed by atoms with Gasteiger partial charge in [-0.05, 0) is 58.2 Å². The van der Waals surface area contributed by atoms with Gasteiger partial charge in [0.1, 0.15) is 5.60 Å². The van der Waals surface area contributed by atoms with Gasteiger partial charge in [0.2, 0.25) is 0 Å². The molecule has 0 saturated heterocycles. The molecule has 0 aliphatic carbocycles. The first-order chi connectivity index (χ1) is 8.76. The van der Waals surface area contributed by atoms with Crippen molar-refractivity contribution in [2.45, 2.75) is 52.2 Å². The lowest BCUT2D eigenvalue weighted by molar-refractivity contribution is 0.0636. The number of carbonyl (C=O) groups is 1. The summed E-state index contributed by atoms with van der Waals surface area (Å²) in [4.78, 5) is 11.6. The van der Waals surface area contributed by atoms with Crippen LogP contribution in [0.3, 0.4) is 0 Å². The Morgan fingerprint density at radius 2 is 2.11 bits per heavy atom. The molecule has 0 radical (unpaired) electrons. The molecule has 106 valence electrons. The first-order valence-electron chi connectivity index (χ1n) is 6.53. The zero-order chi connectivity index (χ0) is 14.5. The Morgan fingerprint density at radius 1 is 1.42 bits per heavy atom. The molecular formula is C15H23NO3. The summed E-state index contributed by atoms with van der Waals surface area (Å²) in [6.07, 6.45) is 0.708. The van der Waals surface area contributed by atoms with Crippen molar-refractivity contribution in [2.75, 3.05) is 5.32 Å². The Morgan fingerprint density at radius 3 is 2.68 bits per heavy atom. The summed E-state index contributed by atoms with van der Waals surface area (Å²) in [6.45, 7) is 7.24. The fourth-order valence-corrected chi connectivity index (χ4v) is 1.60. The molecule has 4 nitrogen and oxygen atoms in total. The molecule has 0 fully saturated rings. The fraction of sp³-hybridized carbons (Fsp3) is 0.533. The van der Waals surface area contributed by atoms with E-state index in [0.29, 0.717) is 12.1 Å². The second-order valence-electron chi connectivity index (χ2n) is 5.71. The molecule has 19 heavy (non-hydrogen) atoms. The van der Waals surface area contributed by atoms with Gasteiger partial charge in [-0.25, -0.2) is 4.79 Å². The van der Waals surface area contributed by atoms with Gasteiger partial charge in [0, 0.05) is 5.69 Å². The van der Waals surface area contributed by atoms with Crippen LogP contribution in [0.25, 0.3) is 0 Å². The first-order valence-corrected chi connectivity index (χ1v) is 6.53. The SMILES string of the molecule is C[C@@H](O)CCc1cccc(NC(=O)OC(C)(C)C)c1. The van der Waals surface area contributed by atoms with Gasteiger partial charge in [-0.1, -0.05) is 12.1 Å². The average molecular weight is 265 g/mol. The van der Waals surface area contributed by atoms with E-state index < -0.39 is 11.7 Å². The van der Waals surface area contributed by atoms with E-state index in [2.05, 4.69) is 5.32 Å². The van der Waals surface area contributed by atoms with E-state index in [1.165, 1.54) is 0 Å². The highest BCUT2D eigenvalue weighted by Gasteiger charge is 2.16. The van der Waals surface area contributed by atoms with Gasteiger partial charge in [0.05, 0.1) is 6.10 Å². The molecule has 0 aliphatic heterocycles. The topological polar surface area (TPSA) is 58.6 Å². The quantitative estimate of drug-likeness (QED) is 0.877. The first kappa shape index (κ1) is 15.5. The molecule has 4 heteroatoms. The number of aliphatic hydroxyl groups excluding tert-OH is 1. The molecule has 0 aromatic heterocycles. The summed E-state index contributed by atoms with van der Waals surface area (Å²) in [6, 6.07) is 7.56. The molecule has 0 bridgehead atoms. The molecule has 1 rings (SSSR count). The third kappa shape index (κ3) is 6.82. The van der Waals surface area contributed by atoms with Crippen LogP contribution in [0.5, 0.6) is 0 Å². The van der Waals surface area contributed by atoms with Crippen LogP contribution < -0.4 is 5.32 Å². The van der Waals surface area contributed by atoms with Crippen molar-refractivity contribution < 1.29 is 14.6 Å². The molecule has 1 atom stereocenters. The van der Waals surface area contributed by atoms with Crippen molar-refractivity contribution in [1.29, 1.82) is 0 Å². The van der Waals surface area contributed by atoms with Crippen molar-refractivity contribution in [3.8, 4) is 0 Å². The zero-order valence-electron chi connectivity index (χ0n) is 12.1. The summed E-state index contributed by atoms with van der Waals surface area (Å²) in [7, 11) is 0. The van der Waals surface area contributed by atoms with Crippen molar-refractivity contribution >= 4 is 11.8 Å². The lowest BCUT2D eigenvalue weighted by Crippen LogP contribution is -2.27. The van der Waals surface area contributed by atoms with Gasteiger partial charge in [0.25, 0.3) is 0 Å². The molecular weight excluding hydrogens is 242 g/mol.